The lowest BCUT2D eigenvalue weighted by Gasteiger charge is -2.13. The Labute approximate surface area is 111 Å². The zero-order chi connectivity index (χ0) is 14.3. The van der Waals surface area contributed by atoms with Crippen molar-refractivity contribution in [3.05, 3.63) is 24.3 Å². The number of ether oxygens (including phenoxy) is 2. The Morgan fingerprint density at radius 2 is 1.89 bits per heavy atom. The Hall–Kier alpha value is -2.24. The molecular weight excluding hydrogens is 250 g/mol. The number of rotatable bonds is 7. The van der Waals surface area contributed by atoms with Crippen LogP contribution in [-0.2, 0) is 9.63 Å². The van der Waals surface area contributed by atoms with Crippen molar-refractivity contribution in [2.75, 3.05) is 13.7 Å². The van der Waals surface area contributed by atoms with Crippen LogP contribution in [0.4, 0.5) is 0 Å². The molecule has 0 amide bonds. The molecule has 6 heteroatoms. The van der Waals surface area contributed by atoms with Crippen molar-refractivity contribution in [2.45, 2.75) is 20.0 Å². The fourth-order valence-electron chi connectivity index (χ4n) is 1.20. The zero-order valence-electron chi connectivity index (χ0n) is 11.1. The van der Waals surface area contributed by atoms with E-state index in [2.05, 4.69) is 5.16 Å². The van der Waals surface area contributed by atoms with Gasteiger partial charge in [-0.05, 0) is 38.1 Å². The van der Waals surface area contributed by atoms with E-state index in [1.807, 2.05) is 0 Å². The second-order valence-corrected chi connectivity index (χ2v) is 3.88. The van der Waals surface area contributed by atoms with Gasteiger partial charge in [-0.15, -0.1) is 0 Å². The molecule has 0 saturated heterocycles. The Bertz CT molecular complexity index is 441. The standard InChI is InChI=1S/C13H17NO5/c1-9(8-18-14-10(2)13(15)16)19-12-6-4-11(17-3)5-7-12/h4-7,9H,8H2,1-3H3,(H,15,16). The molecule has 0 radical (unpaired) electrons. The number of benzene rings is 1. The first kappa shape index (κ1) is 14.8. The summed E-state index contributed by atoms with van der Waals surface area (Å²) in [5.74, 6) is 0.317. The number of carbonyl (C=O) groups is 1. The van der Waals surface area contributed by atoms with Gasteiger partial charge in [0.15, 0.2) is 12.3 Å². The van der Waals surface area contributed by atoms with Crippen LogP contribution in [0.5, 0.6) is 11.5 Å². The van der Waals surface area contributed by atoms with Crippen LogP contribution >= 0.6 is 0 Å². The molecule has 0 saturated carbocycles. The minimum Gasteiger partial charge on any atom is -0.497 e. The molecule has 0 aliphatic heterocycles. The third kappa shape index (κ3) is 5.29. The second kappa shape index (κ2) is 7.25. The van der Waals surface area contributed by atoms with Gasteiger partial charge < -0.3 is 19.4 Å². The van der Waals surface area contributed by atoms with Gasteiger partial charge in [0.1, 0.15) is 17.6 Å². The molecule has 0 aliphatic rings. The number of oxime groups is 1. The lowest BCUT2D eigenvalue weighted by Crippen LogP contribution is -2.19. The average molecular weight is 267 g/mol. The number of hydrogen-bond donors (Lipinski definition) is 1. The summed E-state index contributed by atoms with van der Waals surface area (Å²) in [7, 11) is 1.59. The van der Waals surface area contributed by atoms with Crippen LogP contribution in [0.2, 0.25) is 0 Å². The molecule has 1 N–H and O–H groups in total. The molecule has 104 valence electrons. The average Bonchev–Trinajstić information content (AvgIpc) is 2.39. The fourth-order valence-corrected chi connectivity index (χ4v) is 1.20. The summed E-state index contributed by atoms with van der Waals surface area (Å²) in [6.07, 6.45) is -0.251. The molecule has 1 aromatic rings. The van der Waals surface area contributed by atoms with Crippen LogP contribution in [-0.4, -0.2) is 36.6 Å². The Morgan fingerprint density at radius 1 is 1.32 bits per heavy atom. The number of carboxylic acid groups (broad SMARTS) is 1. The van der Waals surface area contributed by atoms with Crippen molar-refractivity contribution in [1.29, 1.82) is 0 Å². The van der Waals surface area contributed by atoms with Crippen molar-refractivity contribution in [2.24, 2.45) is 5.16 Å². The maximum Gasteiger partial charge on any atom is 0.353 e. The third-order valence-electron chi connectivity index (χ3n) is 2.22. The molecule has 0 spiro atoms. The number of nitrogens with zero attached hydrogens (tertiary/aromatic N) is 1. The Kier molecular flexibility index (Phi) is 5.66. The first-order valence-electron chi connectivity index (χ1n) is 5.73. The van der Waals surface area contributed by atoms with E-state index in [-0.39, 0.29) is 18.4 Å². The minimum absolute atomic E-state index is 0.100. The van der Waals surface area contributed by atoms with Crippen LogP contribution < -0.4 is 9.47 Å². The number of methoxy groups -OCH3 is 1. The highest BCUT2D eigenvalue weighted by Gasteiger charge is 2.06. The minimum atomic E-state index is -1.11. The maximum atomic E-state index is 10.5. The van der Waals surface area contributed by atoms with Gasteiger partial charge in [0, 0.05) is 0 Å². The first-order chi connectivity index (χ1) is 9.02. The quantitative estimate of drug-likeness (QED) is 0.603. The molecule has 0 aromatic heterocycles. The smallest absolute Gasteiger partial charge is 0.353 e. The monoisotopic (exact) mass is 267 g/mol. The Morgan fingerprint density at radius 3 is 2.42 bits per heavy atom. The van der Waals surface area contributed by atoms with E-state index in [1.54, 1.807) is 38.3 Å². The SMILES string of the molecule is COc1ccc(OC(C)CON=C(C)C(=O)O)cc1. The zero-order valence-corrected chi connectivity index (χ0v) is 11.1. The van der Waals surface area contributed by atoms with E-state index in [1.165, 1.54) is 6.92 Å². The van der Waals surface area contributed by atoms with Crippen molar-refractivity contribution in [3.63, 3.8) is 0 Å². The lowest BCUT2D eigenvalue weighted by molar-refractivity contribution is -0.129. The van der Waals surface area contributed by atoms with E-state index in [0.717, 1.165) is 5.75 Å². The van der Waals surface area contributed by atoms with Crippen LogP contribution in [0.1, 0.15) is 13.8 Å². The lowest BCUT2D eigenvalue weighted by atomic mass is 10.3. The topological polar surface area (TPSA) is 77.3 Å². The number of aliphatic carboxylic acids is 1. The molecule has 0 bridgehead atoms. The number of hydrogen-bond acceptors (Lipinski definition) is 5. The van der Waals surface area contributed by atoms with E-state index in [9.17, 15) is 4.79 Å². The van der Waals surface area contributed by atoms with Crippen molar-refractivity contribution >= 4 is 11.7 Å². The summed E-state index contributed by atoms with van der Waals surface area (Å²) in [5, 5.41) is 12.0. The van der Waals surface area contributed by atoms with Gasteiger partial charge in [0.05, 0.1) is 7.11 Å². The molecule has 6 nitrogen and oxygen atoms in total. The molecule has 0 fully saturated rings. The van der Waals surface area contributed by atoms with Crippen LogP contribution in [0.3, 0.4) is 0 Å². The summed E-state index contributed by atoms with van der Waals surface area (Å²) >= 11 is 0. The molecule has 0 aliphatic carbocycles. The maximum absolute atomic E-state index is 10.5. The summed E-state index contributed by atoms with van der Waals surface area (Å²) < 4.78 is 10.6. The molecule has 19 heavy (non-hydrogen) atoms. The highest BCUT2D eigenvalue weighted by atomic mass is 16.6. The van der Waals surface area contributed by atoms with E-state index < -0.39 is 5.97 Å². The van der Waals surface area contributed by atoms with E-state index >= 15 is 0 Å². The normalized spacial score (nSPS) is 12.7. The molecule has 1 aromatic carbocycles. The van der Waals surface area contributed by atoms with Gasteiger partial charge in [-0.1, -0.05) is 5.16 Å². The fraction of sp³-hybridized carbons (Fsp3) is 0.385. The largest absolute Gasteiger partial charge is 0.497 e. The summed E-state index contributed by atoms with van der Waals surface area (Å²) in [6.45, 7) is 3.32. The van der Waals surface area contributed by atoms with Gasteiger partial charge in [-0.2, -0.15) is 0 Å². The number of carboxylic acids is 1. The summed E-state index contributed by atoms with van der Waals surface area (Å²) in [4.78, 5) is 15.4. The van der Waals surface area contributed by atoms with Crippen molar-refractivity contribution in [3.8, 4) is 11.5 Å². The summed E-state index contributed by atoms with van der Waals surface area (Å²) in [5.41, 5.74) is -0.100. The molecule has 1 unspecified atom stereocenters. The highest BCUT2D eigenvalue weighted by Crippen LogP contribution is 2.18. The predicted molar refractivity (Wildman–Crippen MR) is 69.8 cm³/mol. The predicted octanol–water partition coefficient (Wildman–Crippen LogP) is 1.94. The molecule has 1 atom stereocenters. The second-order valence-electron chi connectivity index (χ2n) is 3.88. The summed E-state index contributed by atoms with van der Waals surface area (Å²) in [6, 6.07) is 7.13. The van der Waals surface area contributed by atoms with Gasteiger partial charge in [-0.25, -0.2) is 4.79 Å². The molecule has 0 heterocycles. The van der Waals surface area contributed by atoms with Crippen molar-refractivity contribution in [1.82, 2.24) is 0 Å². The van der Waals surface area contributed by atoms with Crippen LogP contribution in [0, 0.1) is 0 Å². The van der Waals surface area contributed by atoms with Crippen LogP contribution in [0.15, 0.2) is 29.4 Å². The van der Waals surface area contributed by atoms with E-state index in [4.69, 9.17) is 19.4 Å². The van der Waals surface area contributed by atoms with Gasteiger partial charge in [0.25, 0.3) is 0 Å². The third-order valence-corrected chi connectivity index (χ3v) is 2.22. The molecule has 1 rings (SSSR count). The van der Waals surface area contributed by atoms with Crippen LogP contribution in [0.25, 0.3) is 0 Å². The molecular formula is C13H17NO5. The Balaban J connectivity index is 2.40. The highest BCUT2D eigenvalue weighted by molar-refractivity contribution is 6.34. The van der Waals surface area contributed by atoms with Gasteiger partial charge >= 0.3 is 5.97 Å². The van der Waals surface area contributed by atoms with Gasteiger partial charge in [-0.3, -0.25) is 0 Å². The van der Waals surface area contributed by atoms with Crippen molar-refractivity contribution < 1.29 is 24.2 Å². The first-order valence-corrected chi connectivity index (χ1v) is 5.73. The van der Waals surface area contributed by atoms with E-state index in [0.29, 0.717) is 5.75 Å². The van der Waals surface area contributed by atoms with Gasteiger partial charge in [0.2, 0.25) is 0 Å².